The van der Waals surface area contributed by atoms with Gasteiger partial charge in [-0.1, -0.05) is 11.8 Å². The SMILES string of the molecule is C[N+]1(CC#Cc2ccc(C#CC[N+]3(C)CCOCC3)cc2)CCOCC1.[I-].[I-]. The van der Waals surface area contributed by atoms with E-state index >= 15 is 0 Å². The van der Waals surface area contributed by atoms with Gasteiger partial charge in [0.05, 0.1) is 40.5 Å². The van der Waals surface area contributed by atoms with Gasteiger partial charge in [0.15, 0.2) is 0 Å². The third-order valence-electron chi connectivity index (χ3n) is 5.37. The highest BCUT2D eigenvalue weighted by Crippen LogP contribution is 2.08. The Morgan fingerprint density at radius 2 is 1.00 bits per heavy atom. The minimum absolute atomic E-state index is 0. The summed E-state index contributed by atoms with van der Waals surface area (Å²) < 4.78 is 12.8. The van der Waals surface area contributed by atoms with Crippen molar-refractivity contribution in [3.63, 3.8) is 0 Å². The normalized spacial score (nSPS) is 19.5. The lowest BCUT2D eigenvalue weighted by molar-refractivity contribution is -0.910. The fourth-order valence-corrected chi connectivity index (χ4v) is 3.19. The monoisotopic (exact) mass is 608 g/mol. The summed E-state index contributed by atoms with van der Waals surface area (Å²) in [4.78, 5) is 0. The van der Waals surface area contributed by atoms with E-state index in [4.69, 9.17) is 9.47 Å². The third-order valence-corrected chi connectivity index (χ3v) is 5.37. The molecule has 0 bridgehead atoms. The van der Waals surface area contributed by atoms with Crippen molar-refractivity contribution in [3.05, 3.63) is 35.4 Å². The maximum Gasteiger partial charge on any atom is 0.141 e. The van der Waals surface area contributed by atoms with E-state index in [-0.39, 0.29) is 48.0 Å². The maximum atomic E-state index is 5.44. The van der Waals surface area contributed by atoms with E-state index in [0.29, 0.717) is 0 Å². The van der Waals surface area contributed by atoms with Gasteiger partial charge in [0.1, 0.15) is 39.3 Å². The van der Waals surface area contributed by atoms with E-state index in [1.54, 1.807) is 0 Å². The Morgan fingerprint density at radius 1 is 0.679 bits per heavy atom. The third kappa shape index (κ3) is 8.17. The quantitative estimate of drug-likeness (QED) is 0.191. The first-order chi connectivity index (χ1) is 12.6. The van der Waals surface area contributed by atoms with Gasteiger partial charge < -0.3 is 66.4 Å². The second-order valence-electron chi connectivity index (χ2n) is 7.86. The topological polar surface area (TPSA) is 18.5 Å². The van der Waals surface area contributed by atoms with Crippen molar-refractivity contribution in [2.75, 3.05) is 79.8 Å². The van der Waals surface area contributed by atoms with Crippen LogP contribution < -0.4 is 48.0 Å². The number of hydrogen-bond donors (Lipinski definition) is 0. The predicted octanol–water partition coefficient (Wildman–Crippen LogP) is -4.65. The highest BCUT2D eigenvalue weighted by Gasteiger charge is 2.24. The van der Waals surface area contributed by atoms with E-state index in [1.807, 2.05) is 0 Å². The Hall–Kier alpha value is -0.360. The first-order valence-electron chi connectivity index (χ1n) is 9.47. The fourth-order valence-electron chi connectivity index (χ4n) is 3.19. The van der Waals surface area contributed by atoms with Gasteiger partial charge >= 0.3 is 0 Å². The summed E-state index contributed by atoms with van der Waals surface area (Å²) >= 11 is 0. The lowest BCUT2D eigenvalue weighted by atomic mass is 10.1. The zero-order valence-corrected chi connectivity index (χ0v) is 21.2. The molecule has 3 rings (SSSR count). The van der Waals surface area contributed by atoms with Crippen LogP contribution in [0.5, 0.6) is 0 Å². The molecule has 4 nitrogen and oxygen atoms in total. The van der Waals surface area contributed by atoms with Gasteiger partial charge in [-0.2, -0.15) is 0 Å². The summed E-state index contributed by atoms with van der Waals surface area (Å²) in [5, 5.41) is 0. The van der Waals surface area contributed by atoms with E-state index in [9.17, 15) is 0 Å². The van der Waals surface area contributed by atoms with Crippen molar-refractivity contribution < 1.29 is 66.4 Å². The molecule has 0 unspecified atom stereocenters. The molecule has 2 aliphatic heterocycles. The average molecular weight is 608 g/mol. The molecule has 2 heterocycles. The minimum Gasteiger partial charge on any atom is -1.00 e. The number of likely N-dealkylation sites (N-methyl/N-ethyl adjacent to an activating group) is 2. The molecule has 154 valence electrons. The zero-order valence-electron chi connectivity index (χ0n) is 16.8. The van der Waals surface area contributed by atoms with Crippen LogP contribution in [0, 0.1) is 23.7 Å². The van der Waals surface area contributed by atoms with Gasteiger partial charge in [-0.15, -0.1) is 0 Å². The Bertz CT molecular complexity index is 654. The standard InChI is InChI=1S/C22H30N2O2.2HI/c1-23(13-17-25-18-14-23)11-3-5-21-7-9-22(10-8-21)6-4-12-24(2)15-19-26-20-16-24;;/h7-10H,11-20H2,1-2H3;2*1H/q+2;;/p-2. The first kappa shape index (κ1) is 25.7. The maximum absolute atomic E-state index is 5.44. The van der Waals surface area contributed by atoms with Crippen molar-refractivity contribution in [2.45, 2.75) is 0 Å². The number of halogens is 2. The van der Waals surface area contributed by atoms with Crippen LogP contribution in [0.2, 0.25) is 0 Å². The largest absolute Gasteiger partial charge is 1.00 e. The smallest absolute Gasteiger partial charge is 0.141 e. The van der Waals surface area contributed by atoms with Crippen LogP contribution in [0.3, 0.4) is 0 Å². The van der Waals surface area contributed by atoms with Crippen molar-refractivity contribution in [2.24, 2.45) is 0 Å². The summed E-state index contributed by atoms with van der Waals surface area (Å²) in [5.41, 5.74) is 2.12. The van der Waals surface area contributed by atoms with E-state index < -0.39 is 0 Å². The zero-order chi connectivity index (χ0) is 18.3. The molecule has 28 heavy (non-hydrogen) atoms. The van der Waals surface area contributed by atoms with Crippen molar-refractivity contribution in [3.8, 4) is 23.7 Å². The molecule has 0 aromatic heterocycles. The Balaban J connectivity index is 0.00000196. The molecule has 6 heteroatoms. The van der Waals surface area contributed by atoms with Gasteiger partial charge in [-0.25, -0.2) is 0 Å². The number of quaternary nitrogens is 2. The molecule has 1 aromatic rings. The molecule has 1 aromatic carbocycles. The van der Waals surface area contributed by atoms with Gasteiger partial charge in [-0.3, -0.25) is 0 Å². The second-order valence-corrected chi connectivity index (χ2v) is 7.86. The number of rotatable bonds is 2. The molecule has 2 fully saturated rings. The predicted molar refractivity (Wildman–Crippen MR) is 103 cm³/mol. The molecular formula is C22H30I2N2O2. The number of benzene rings is 1. The van der Waals surface area contributed by atoms with Crippen LogP contribution in [0.1, 0.15) is 11.1 Å². The summed E-state index contributed by atoms with van der Waals surface area (Å²) in [5.74, 6) is 13.3. The van der Waals surface area contributed by atoms with Crippen LogP contribution >= 0.6 is 0 Å². The summed E-state index contributed by atoms with van der Waals surface area (Å²) in [6.45, 7) is 9.33. The molecule has 2 aliphatic rings. The van der Waals surface area contributed by atoms with Crippen LogP contribution in [-0.4, -0.2) is 88.8 Å². The lowest BCUT2D eigenvalue weighted by Crippen LogP contribution is -3.00. The molecule has 0 atom stereocenters. The van der Waals surface area contributed by atoms with Crippen molar-refractivity contribution >= 4 is 0 Å². The van der Waals surface area contributed by atoms with Crippen LogP contribution in [0.4, 0.5) is 0 Å². The Labute approximate surface area is 204 Å². The van der Waals surface area contributed by atoms with Crippen LogP contribution in [0.25, 0.3) is 0 Å². The summed E-state index contributed by atoms with van der Waals surface area (Å²) in [6.07, 6.45) is 0. The van der Waals surface area contributed by atoms with E-state index in [1.165, 1.54) is 0 Å². The van der Waals surface area contributed by atoms with Gasteiger partial charge in [-0.05, 0) is 36.1 Å². The van der Waals surface area contributed by atoms with Crippen molar-refractivity contribution in [1.82, 2.24) is 0 Å². The summed E-state index contributed by atoms with van der Waals surface area (Å²) in [7, 11) is 4.51. The number of nitrogens with zero attached hydrogens (tertiary/aromatic N) is 2. The molecule has 0 N–H and O–H groups in total. The van der Waals surface area contributed by atoms with Gasteiger partial charge in [0.25, 0.3) is 0 Å². The van der Waals surface area contributed by atoms with Crippen LogP contribution in [0.15, 0.2) is 24.3 Å². The molecule has 0 radical (unpaired) electrons. The summed E-state index contributed by atoms with van der Waals surface area (Å²) in [6, 6.07) is 8.28. The van der Waals surface area contributed by atoms with Gasteiger partial charge in [0.2, 0.25) is 0 Å². The molecule has 2 saturated heterocycles. The molecule has 0 saturated carbocycles. The van der Waals surface area contributed by atoms with Gasteiger partial charge in [0, 0.05) is 11.1 Å². The second kappa shape index (κ2) is 12.4. The average Bonchev–Trinajstić information content (AvgIpc) is 2.64. The van der Waals surface area contributed by atoms with Crippen LogP contribution in [-0.2, 0) is 9.47 Å². The number of ether oxygens (including phenoxy) is 2. The molecule has 0 spiro atoms. The minimum atomic E-state index is 0. The number of hydrogen-bond acceptors (Lipinski definition) is 2. The first-order valence-corrected chi connectivity index (χ1v) is 9.47. The fraction of sp³-hybridized carbons (Fsp3) is 0.545. The van der Waals surface area contributed by atoms with E-state index in [2.05, 4.69) is 62.0 Å². The Kier molecular flexibility index (Phi) is 11.3. The van der Waals surface area contributed by atoms with E-state index in [0.717, 1.165) is 85.8 Å². The number of morpholine rings is 2. The molecular weight excluding hydrogens is 578 g/mol. The lowest BCUT2D eigenvalue weighted by Gasteiger charge is -2.35. The highest BCUT2D eigenvalue weighted by atomic mass is 127. The molecule has 0 amide bonds. The Morgan fingerprint density at radius 3 is 1.32 bits per heavy atom. The highest BCUT2D eigenvalue weighted by molar-refractivity contribution is 5.41. The van der Waals surface area contributed by atoms with Crippen molar-refractivity contribution in [1.29, 1.82) is 0 Å². The molecule has 0 aliphatic carbocycles.